The molecule has 0 saturated heterocycles. The highest BCUT2D eigenvalue weighted by Gasteiger charge is 2.10. The molecule has 0 saturated carbocycles. The third kappa shape index (κ3) is 5.10. The van der Waals surface area contributed by atoms with Gasteiger partial charge in [-0.15, -0.1) is 0 Å². The van der Waals surface area contributed by atoms with E-state index in [1.54, 1.807) is 0 Å². The van der Waals surface area contributed by atoms with Crippen molar-refractivity contribution in [3.63, 3.8) is 0 Å². The van der Waals surface area contributed by atoms with Gasteiger partial charge in [-0.1, -0.05) is 18.2 Å². The molecule has 0 atom stereocenters. The number of benzene rings is 2. The predicted octanol–water partition coefficient (Wildman–Crippen LogP) is 4.94. The number of hydrogen-bond acceptors (Lipinski definition) is 5. The summed E-state index contributed by atoms with van der Waals surface area (Å²) < 4.78 is 0. The molecule has 2 aromatic carbocycles. The minimum absolute atomic E-state index is 0.112. The third-order valence-corrected chi connectivity index (χ3v) is 4.72. The first kappa shape index (κ1) is 20.3. The predicted molar refractivity (Wildman–Crippen MR) is 119 cm³/mol. The number of nitrogens with one attached hydrogen (secondary N) is 2. The van der Waals surface area contributed by atoms with E-state index >= 15 is 0 Å². The molecule has 0 unspecified atom stereocenters. The van der Waals surface area contributed by atoms with Gasteiger partial charge in [0, 0.05) is 36.1 Å². The molecule has 0 aliphatic carbocycles. The van der Waals surface area contributed by atoms with Crippen LogP contribution in [0.5, 0.6) is 0 Å². The summed E-state index contributed by atoms with van der Waals surface area (Å²) in [4.78, 5) is 23.7. The van der Waals surface area contributed by atoms with Gasteiger partial charge in [-0.25, -0.2) is 9.97 Å². The highest BCUT2D eigenvalue weighted by molar-refractivity contribution is 6.05. The van der Waals surface area contributed by atoms with E-state index in [2.05, 4.69) is 39.3 Å². The molecule has 0 fully saturated rings. The van der Waals surface area contributed by atoms with Gasteiger partial charge in [-0.2, -0.15) is 0 Å². The number of amides is 1. The second-order valence-corrected chi connectivity index (χ2v) is 6.80. The summed E-state index contributed by atoms with van der Waals surface area (Å²) in [5, 5.41) is 6.26. The number of hydrogen-bond donors (Lipinski definition) is 2. The molecule has 3 rings (SSSR count). The van der Waals surface area contributed by atoms with Crippen LogP contribution in [0.2, 0.25) is 0 Å². The molecule has 0 spiro atoms. The van der Waals surface area contributed by atoms with Crippen LogP contribution in [0, 0.1) is 13.8 Å². The quantitative estimate of drug-likeness (QED) is 0.599. The van der Waals surface area contributed by atoms with Crippen molar-refractivity contribution in [3.05, 3.63) is 71.5 Å². The highest BCUT2D eigenvalue weighted by Crippen LogP contribution is 2.22. The lowest BCUT2D eigenvalue weighted by Gasteiger charge is -2.20. The van der Waals surface area contributed by atoms with E-state index in [0.717, 1.165) is 47.5 Å². The second-order valence-electron chi connectivity index (χ2n) is 6.80. The molecule has 3 aromatic rings. The Labute approximate surface area is 172 Å². The SMILES string of the molecule is CCN(CC)c1cc(Nc2ccc(NC(=O)c3ccccc3C)cc2)nc(C)n1. The Morgan fingerprint density at radius 1 is 0.931 bits per heavy atom. The van der Waals surface area contributed by atoms with Gasteiger partial charge in [0.25, 0.3) is 5.91 Å². The lowest BCUT2D eigenvalue weighted by Crippen LogP contribution is -2.23. The van der Waals surface area contributed by atoms with Crippen LogP contribution in [0.25, 0.3) is 0 Å². The van der Waals surface area contributed by atoms with E-state index in [1.807, 2.05) is 68.4 Å². The molecule has 2 N–H and O–H groups in total. The number of nitrogens with zero attached hydrogens (tertiary/aromatic N) is 3. The van der Waals surface area contributed by atoms with Crippen molar-refractivity contribution in [2.45, 2.75) is 27.7 Å². The molecule has 0 aliphatic heterocycles. The topological polar surface area (TPSA) is 70.2 Å². The molecule has 0 bridgehead atoms. The van der Waals surface area contributed by atoms with Gasteiger partial charge in [0.2, 0.25) is 0 Å². The van der Waals surface area contributed by atoms with Crippen molar-refractivity contribution in [3.8, 4) is 0 Å². The largest absolute Gasteiger partial charge is 0.357 e. The third-order valence-electron chi connectivity index (χ3n) is 4.72. The van der Waals surface area contributed by atoms with Gasteiger partial charge in [-0.3, -0.25) is 4.79 Å². The van der Waals surface area contributed by atoms with Crippen LogP contribution in [0.3, 0.4) is 0 Å². The maximum atomic E-state index is 12.5. The molecular weight excluding hydrogens is 362 g/mol. The highest BCUT2D eigenvalue weighted by atomic mass is 16.1. The molecule has 1 amide bonds. The number of aromatic nitrogens is 2. The number of aryl methyl sites for hydroxylation is 2. The van der Waals surface area contributed by atoms with Crippen LogP contribution in [0.15, 0.2) is 54.6 Å². The van der Waals surface area contributed by atoms with Crippen LogP contribution < -0.4 is 15.5 Å². The molecule has 0 aliphatic rings. The zero-order valence-corrected chi connectivity index (χ0v) is 17.4. The summed E-state index contributed by atoms with van der Waals surface area (Å²) in [5.74, 6) is 2.27. The average Bonchev–Trinajstić information content (AvgIpc) is 2.70. The Kier molecular flexibility index (Phi) is 6.44. The van der Waals surface area contributed by atoms with Crippen LogP contribution in [0.1, 0.15) is 35.6 Å². The molecule has 29 heavy (non-hydrogen) atoms. The zero-order chi connectivity index (χ0) is 20.8. The fourth-order valence-electron chi connectivity index (χ4n) is 3.14. The fourth-order valence-corrected chi connectivity index (χ4v) is 3.14. The number of anilines is 4. The first-order valence-corrected chi connectivity index (χ1v) is 9.84. The number of rotatable bonds is 7. The van der Waals surface area contributed by atoms with Crippen LogP contribution in [-0.4, -0.2) is 29.0 Å². The monoisotopic (exact) mass is 389 g/mol. The van der Waals surface area contributed by atoms with Crippen molar-refractivity contribution in [1.29, 1.82) is 0 Å². The minimum Gasteiger partial charge on any atom is -0.357 e. The second kappa shape index (κ2) is 9.19. The van der Waals surface area contributed by atoms with Gasteiger partial charge in [0.05, 0.1) is 0 Å². The van der Waals surface area contributed by atoms with Crippen molar-refractivity contribution in [2.24, 2.45) is 0 Å². The lowest BCUT2D eigenvalue weighted by molar-refractivity contribution is 0.102. The van der Waals surface area contributed by atoms with E-state index in [0.29, 0.717) is 5.56 Å². The van der Waals surface area contributed by atoms with E-state index in [1.165, 1.54) is 0 Å². The maximum absolute atomic E-state index is 12.5. The first-order valence-electron chi connectivity index (χ1n) is 9.84. The molecule has 150 valence electrons. The van der Waals surface area contributed by atoms with Crippen LogP contribution in [0.4, 0.5) is 23.0 Å². The zero-order valence-electron chi connectivity index (χ0n) is 17.4. The molecule has 6 heteroatoms. The molecule has 1 heterocycles. The fraction of sp³-hybridized carbons (Fsp3) is 0.261. The normalized spacial score (nSPS) is 10.5. The Bertz CT molecular complexity index is 981. The number of carbonyl (C=O) groups is 1. The van der Waals surface area contributed by atoms with Gasteiger partial charge in [0.1, 0.15) is 17.5 Å². The summed E-state index contributed by atoms with van der Waals surface area (Å²) in [6.07, 6.45) is 0. The average molecular weight is 390 g/mol. The van der Waals surface area contributed by atoms with Gasteiger partial charge >= 0.3 is 0 Å². The van der Waals surface area contributed by atoms with E-state index < -0.39 is 0 Å². The van der Waals surface area contributed by atoms with Crippen LogP contribution in [-0.2, 0) is 0 Å². The maximum Gasteiger partial charge on any atom is 0.255 e. The summed E-state index contributed by atoms with van der Waals surface area (Å²) in [7, 11) is 0. The van der Waals surface area contributed by atoms with E-state index in [4.69, 9.17) is 0 Å². The van der Waals surface area contributed by atoms with E-state index in [9.17, 15) is 4.79 Å². The molecule has 0 radical (unpaired) electrons. The lowest BCUT2D eigenvalue weighted by atomic mass is 10.1. The Morgan fingerprint density at radius 2 is 1.59 bits per heavy atom. The Morgan fingerprint density at radius 3 is 2.24 bits per heavy atom. The summed E-state index contributed by atoms with van der Waals surface area (Å²) in [6.45, 7) is 9.82. The number of carbonyl (C=O) groups excluding carboxylic acids is 1. The van der Waals surface area contributed by atoms with E-state index in [-0.39, 0.29) is 5.91 Å². The molecule has 1 aromatic heterocycles. The van der Waals surface area contributed by atoms with Crippen molar-refractivity contribution < 1.29 is 4.79 Å². The molecular formula is C23H27N5O. The van der Waals surface area contributed by atoms with Gasteiger partial charge in [-0.05, 0) is 63.6 Å². The molecule has 6 nitrogen and oxygen atoms in total. The Balaban J connectivity index is 1.71. The smallest absolute Gasteiger partial charge is 0.255 e. The summed E-state index contributed by atoms with van der Waals surface area (Å²) in [6, 6.07) is 17.1. The van der Waals surface area contributed by atoms with Crippen molar-refractivity contribution in [1.82, 2.24) is 9.97 Å². The standard InChI is InChI=1S/C23H27N5O/c1-5-28(6-2)22-15-21(24-17(4)25-22)26-18-11-13-19(14-12-18)27-23(29)20-10-8-7-9-16(20)3/h7-15H,5-6H2,1-4H3,(H,27,29)(H,24,25,26). The Hall–Kier alpha value is -3.41. The summed E-state index contributed by atoms with van der Waals surface area (Å²) in [5.41, 5.74) is 3.26. The van der Waals surface area contributed by atoms with Crippen molar-refractivity contribution in [2.75, 3.05) is 28.6 Å². The summed E-state index contributed by atoms with van der Waals surface area (Å²) >= 11 is 0. The van der Waals surface area contributed by atoms with Crippen molar-refractivity contribution >= 4 is 28.9 Å². The van der Waals surface area contributed by atoms with Crippen LogP contribution >= 0.6 is 0 Å². The minimum atomic E-state index is -0.112. The van der Waals surface area contributed by atoms with Gasteiger partial charge < -0.3 is 15.5 Å². The first-order chi connectivity index (χ1) is 14.0. The van der Waals surface area contributed by atoms with Gasteiger partial charge in [0.15, 0.2) is 0 Å².